The van der Waals surface area contributed by atoms with E-state index in [9.17, 15) is 14.4 Å². The standard InChI is InChI=1S/C20H22O6/c1-5-11(3)18(21)25-16-9-13-8-14(24-20(13)23)6-10(2)7-15-17(16)12(4)19(22)26-15/h5,7-8,14-17H,4,6,9H2,1-3H3/t14-,15-,16+,17+/m0/s1. The summed E-state index contributed by atoms with van der Waals surface area (Å²) in [4.78, 5) is 36.6. The van der Waals surface area contributed by atoms with Crippen LogP contribution in [0.5, 0.6) is 0 Å². The largest absolute Gasteiger partial charge is 0.458 e. The van der Waals surface area contributed by atoms with Gasteiger partial charge in [0.15, 0.2) is 0 Å². The zero-order valence-electron chi connectivity index (χ0n) is 15.1. The Bertz CT molecular complexity index is 769. The first-order valence-corrected chi connectivity index (χ1v) is 8.62. The second kappa shape index (κ2) is 6.94. The van der Waals surface area contributed by atoms with E-state index < -0.39 is 36.0 Å². The summed E-state index contributed by atoms with van der Waals surface area (Å²) in [6.45, 7) is 9.10. The lowest BCUT2D eigenvalue weighted by Gasteiger charge is -2.26. The fraction of sp³-hybridized carbons (Fsp3) is 0.450. The van der Waals surface area contributed by atoms with Crippen molar-refractivity contribution in [3.8, 4) is 0 Å². The number of esters is 3. The summed E-state index contributed by atoms with van der Waals surface area (Å²) in [6, 6.07) is 0. The highest BCUT2D eigenvalue weighted by atomic mass is 16.6. The maximum Gasteiger partial charge on any atom is 0.334 e. The molecule has 0 unspecified atom stereocenters. The third kappa shape index (κ3) is 3.36. The van der Waals surface area contributed by atoms with Gasteiger partial charge in [-0.2, -0.15) is 0 Å². The van der Waals surface area contributed by atoms with Crippen molar-refractivity contribution in [1.82, 2.24) is 0 Å². The number of ether oxygens (including phenoxy) is 3. The lowest BCUT2D eigenvalue weighted by Crippen LogP contribution is -2.34. The fourth-order valence-corrected chi connectivity index (χ4v) is 3.44. The van der Waals surface area contributed by atoms with Crippen molar-refractivity contribution in [1.29, 1.82) is 0 Å². The van der Waals surface area contributed by atoms with E-state index in [4.69, 9.17) is 14.2 Å². The summed E-state index contributed by atoms with van der Waals surface area (Å²) in [5.41, 5.74) is 2.07. The summed E-state index contributed by atoms with van der Waals surface area (Å²) in [7, 11) is 0. The van der Waals surface area contributed by atoms with Crippen molar-refractivity contribution in [3.05, 3.63) is 47.1 Å². The Morgan fingerprint density at radius 2 is 1.96 bits per heavy atom. The summed E-state index contributed by atoms with van der Waals surface area (Å²) in [5.74, 6) is -1.96. The molecular weight excluding hydrogens is 336 g/mol. The molecule has 0 N–H and O–H groups in total. The number of fused-ring (bicyclic) bond motifs is 2. The van der Waals surface area contributed by atoms with Gasteiger partial charge in [0.25, 0.3) is 0 Å². The van der Waals surface area contributed by atoms with Crippen LogP contribution in [-0.2, 0) is 28.6 Å². The van der Waals surface area contributed by atoms with Crippen LogP contribution in [0.3, 0.4) is 0 Å². The molecule has 1 aliphatic carbocycles. The lowest BCUT2D eigenvalue weighted by molar-refractivity contribution is -0.148. The maximum absolute atomic E-state index is 12.3. The quantitative estimate of drug-likeness (QED) is 0.327. The third-order valence-electron chi connectivity index (χ3n) is 4.98. The van der Waals surface area contributed by atoms with Gasteiger partial charge in [0.2, 0.25) is 0 Å². The monoisotopic (exact) mass is 358 g/mol. The molecule has 138 valence electrons. The second-order valence-electron chi connectivity index (χ2n) is 6.89. The predicted molar refractivity (Wildman–Crippen MR) is 92.8 cm³/mol. The zero-order chi connectivity index (χ0) is 19.0. The summed E-state index contributed by atoms with van der Waals surface area (Å²) in [6.07, 6.45) is 4.26. The van der Waals surface area contributed by atoms with Gasteiger partial charge in [-0.25, -0.2) is 14.4 Å². The topological polar surface area (TPSA) is 78.9 Å². The Morgan fingerprint density at radius 3 is 2.65 bits per heavy atom. The fourth-order valence-electron chi connectivity index (χ4n) is 3.44. The molecule has 3 rings (SSSR count). The SMILES string of the molecule is C=C1C(=O)O[C@H]2C=C(C)C[C@H]3C=C(C[C@@H](OC(=O)C(C)=CC)[C@H]12)C(=O)O3. The number of carbonyl (C=O) groups excluding carboxylic acids is 3. The Morgan fingerprint density at radius 1 is 1.23 bits per heavy atom. The van der Waals surface area contributed by atoms with Gasteiger partial charge in [0, 0.05) is 29.6 Å². The summed E-state index contributed by atoms with van der Waals surface area (Å²) in [5, 5.41) is 0. The maximum atomic E-state index is 12.3. The van der Waals surface area contributed by atoms with Crippen LogP contribution < -0.4 is 0 Å². The molecule has 1 fully saturated rings. The van der Waals surface area contributed by atoms with Crippen LogP contribution in [0.15, 0.2) is 47.1 Å². The number of rotatable bonds is 2. The smallest absolute Gasteiger partial charge is 0.334 e. The molecule has 2 bridgehead atoms. The highest BCUT2D eigenvalue weighted by molar-refractivity contribution is 5.93. The van der Waals surface area contributed by atoms with Gasteiger partial charge in [0.1, 0.15) is 18.3 Å². The molecule has 0 spiro atoms. The number of carbonyl (C=O) groups is 3. The number of allylic oxidation sites excluding steroid dienone is 1. The van der Waals surface area contributed by atoms with E-state index in [0.717, 1.165) is 5.57 Å². The van der Waals surface area contributed by atoms with E-state index in [-0.39, 0.29) is 18.1 Å². The molecule has 3 aliphatic rings. The van der Waals surface area contributed by atoms with E-state index in [1.165, 1.54) is 0 Å². The van der Waals surface area contributed by atoms with Crippen molar-refractivity contribution in [2.45, 2.75) is 51.9 Å². The second-order valence-corrected chi connectivity index (χ2v) is 6.89. The Labute approximate surface area is 152 Å². The molecule has 26 heavy (non-hydrogen) atoms. The number of hydrogen-bond donors (Lipinski definition) is 0. The average Bonchev–Trinajstić information content (AvgIpc) is 3.04. The normalized spacial score (nSPS) is 31.5. The van der Waals surface area contributed by atoms with Gasteiger partial charge >= 0.3 is 17.9 Å². The molecule has 2 aliphatic heterocycles. The minimum Gasteiger partial charge on any atom is -0.458 e. The van der Waals surface area contributed by atoms with Crippen LogP contribution in [0.25, 0.3) is 0 Å². The highest BCUT2D eigenvalue weighted by Gasteiger charge is 2.46. The van der Waals surface area contributed by atoms with E-state index in [2.05, 4.69) is 6.58 Å². The van der Waals surface area contributed by atoms with Gasteiger partial charge in [-0.3, -0.25) is 0 Å². The van der Waals surface area contributed by atoms with Gasteiger partial charge in [-0.1, -0.05) is 18.2 Å². The van der Waals surface area contributed by atoms with E-state index in [1.54, 1.807) is 26.0 Å². The molecule has 0 saturated carbocycles. The van der Waals surface area contributed by atoms with Gasteiger partial charge < -0.3 is 14.2 Å². The molecule has 4 atom stereocenters. The zero-order valence-corrected chi connectivity index (χ0v) is 15.1. The lowest BCUT2D eigenvalue weighted by atomic mass is 9.85. The van der Waals surface area contributed by atoms with Gasteiger partial charge in [-0.15, -0.1) is 0 Å². The van der Waals surface area contributed by atoms with Crippen LogP contribution in [0.1, 0.15) is 33.6 Å². The first-order chi connectivity index (χ1) is 12.3. The Balaban J connectivity index is 2.00. The molecule has 6 heteroatoms. The molecular formula is C20H22O6. The van der Waals surface area contributed by atoms with Crippen LogP contribution in [0, 0.1) is 5.92 Å². The van der Waals surface area contributed by atoms with E-state index in [1.807, 2.05) is 13.0 Å². The summed E-state index contributed by atoms with van der Waals surface area (Å²) >= 11 is 0. The minimum atomic E-state index is -0.749. The molecule has 0 aromatic rings. The first kappa shape index (κ1) is 18.2. The molecule has 2 heterocycles. The van der Waals surface area contributed by atoms with Crippen LogP contribution in [0.4, 0.5) is 0 Å². The molecule has 0 amide bonds. The van der Waals surface area contributed by atoms with Crippen molar-refractivity contribution < 1.29 is 28.6 Å². The first-order valence-electron chi connectivity index (χ1n) is 8.62. The van der Waals surface area contributed by atoms with Gasteiger partial charge in [0.05, 0.1) is 5.92 Å². The Hall–Kier alpha value is -2.63. The van der Waals surface area contributed by atoms with E-state index >= 15 is 0 Å². The van der Waals surface area contributed by atoms with Crippen LogP contribution in [0.2, 0.25) is 0 Å². The van der Waals surface area contributed by atoms with Gasteiger partial charge in [-0.05, 0) is 32.9 Å². The predicted octanol–water partition coefficient (Wildman–Crippen LogP) is 2.55. The Kier molecular flexibility index (Phi) is 4.85. The van der Waals surface area contributed by atoms with Crippen LogP contribution >= 0.6 is 0 Å². The molecule has 0 radical (unpaired) electrons. The molecule has 0 aromatic heterocycles. The highest BCUT2D eigenvalue weighted by Crippen LogP contribution is 2.38. The van der Waals surface area contributed by atoms with Crippen molar-refractivity contribution in [2.24, 2.45) is 5.92 Å². The minimum absolute atomic E-state index is 0.155. The van der Waals surface area contributed by atoms with Crippen molar-refractivity contribution in [2.75, 3.05) is 0 Å². The molecule has 6 nitrogen and oxygen atoms in total. The summed E-state index contributed by atoms with van der Waals surface area (Å²) < 4.78 is 16.5. The van der Waals surface area contributed by atoms with Crippen molar-refractivity contribution in [3.63, 3.8) is 0 Å². The third-order valence-corrected chi connectivity index (χ3v) is 4.98. The molecule has 1 saturated heterocycles. The molecule has 0 aromatic carbocycles. The van der Waals surface area contributed by atoms with Crippen LogP contribution in [-0.4, -0.2) is 36.2 Å². The van der Waals surface area contributed by atoms with Crippen molar-refractivity contribution >= 4 is 17.9 Å². The van der Waals surface area contributed by atoms with E-state index in [0.29, 0.717) is 17.6 Å². The average molecular weight is 358 g/mol. The number of hydrogen-bond acceptors (Lipinski definition) is 6.